The minimum atomic E-state index is 0.107. The first kappa shape index (κ1) is 14.3. The van der Waals surface area contributed by atoms with E-state index in [-0.39, 0.29) is 6.04 Å². The molecule has 6 nitrogen and oxygen atoms in total. The van der Waals surface area contributed by atoms with E-state index in [0.717, 1.165) is 22.9 Å². The number of nitrogens with zero attached hydrogens (tertiary/aromatic N) is 2. The number of hydrogen-bond acceptors (Lipinski definition) is 5. The Hall–Kier alpha value is -2.08. The van der Waals surface area contributed by atoms with E-state index in [0.29, 0.717) is 13.2 Å². The van der Waals surface area contributed by atoms with Crippen LogP contribution in [0.15, 0.2) is 24.5 Å². The molecule has 20 heavy (non-hydrogen) atoms. The van der Waals surface area contributed by atoms with E-state index in [2.05, 4.69) is 20.5 Å². The van der Waals surface area contributed by atoms with Crippen molar-refractivity contribution in [3.05, 3.63) is 35.9 Å². The topological polar surface area (TPSA) is 72.1 Å². The summed E-state index contributed by atoms with van der Waals surface area (Å²) >= 11 is 0. The maximum absolute atomic E-state index is 5.50. The summed E-state index contributed by atoms with van der Waals surface area (Å²) in [7, 11) is 1.65. The third-order valence-electron chi connectivity index (χ3n) is 2.98. The van der Waals surface area contributed by atoms with E-state index < -0.39 is 0 Å². The molecule has 1 unspecified atom stereocenters. The van der Waals surface area contributed by atoms with Crippen LogP contribution in [0.4, 0.5) is 0 Å². The van der Waals surface area contributed by atoms with Gasteiger partial charge in [0.15, 0.2) is 11.5 Å². The minimum absolute atomic E-state index is 0.107. The highest BCUT2D eigenvalue weighted by molar-refractivity contribution is 5.42. The Morgan fingerprint density at radius 2 is 2.20 bits per heavy atom. The molecule has 0 aliphatic carbocycles. The lowest BCUT2D eigenvalue weighted by molar-refractivity contribution is 0.310. The van der Waals surface area contributed by atoms with Crippen molar-refractivity contribution in [1.29, 1.82) is 0 Å². The highest BCUT2D eigenvalue weighted by Gasteiger charge is 2.09. The molecule has 0 bridgehead atoms. The second-order valence-electron chi connectivity index (χ2n) is 4.39. The highest BCUT2D eigenvalue weighted by Crippen LogP contribution is 2.28. The van der Waals surface area contributed by atoms with Gasteiger partial charge in [-0.05, 0) is 31.5 Å². The van der Waals surface area contributed by atoms with Crippen LogP contribution in [-0.4, -0.2) is 28.9 Å². The Kier molecular flexibility index (Phi) is 4.95. The molecule has 0 amide bonds. The van der Waals surface area contributed by atoms with Gasteiger partial charge >= 0.3 is 0 Å². The van der Waals surface area contributed by atoms with Gasteiger partial charge in [-0.2, -0.15) is 5.10 Å². The minimum Gasteiger partial charge on any atom is -0.493 e. The van der Waals surface area contributed by atoms with Crippen LogP contribution in [0.2, 0.25) is 0 Å². The van der Waals surface area contributed by atoms with Crippen LogP contribution in [0.25, 0.3) is 0 Å². The summed E-state index contributed by atoms with van der Waals surface area (Å²) in [5.74, 6) is 2.34. The van der Waals surface area contributed by atoms with Gasteiger partial charge in [-0.15, -0.1) is 0 Å². The predicted molar refractivity (Wildman–Crippen MR) is 75.8 cm³/mol. The number of rotatable bonds is 7. The number of hydrogen-bond donors (Lipinski definition) is 2. The number of aromatic nitrogens is 3. The molecular weight excluding hydrogens is 256 g/mol. The van der Waals surface area contributed by atoms with Crippen LogP contribution in [-0.2, 0) is 6.54 Å². The van der Waals surface area contributed by atoms with Gasteiger partial charge in [0, 0.05) is 6.54 Å². The van der Waals surface area contributed by atoms with E-state index >= 15 is 0 Å². The average molecular weight is 276 g/mol. The van der Waals surface area contributed by atoms with Gasteiger partial charge in [-0.25, -0.2) is 4.98 Å². The molecule has 108 valence electrons. The van der Waals surface area contributed by atoms with E-state index in [9.17, 15) is 0 Å². The quantitative estimate of drug-likeness (QED) is 0.810. The SMILES string of the molecule is CCOc1ccc(CNC(C)c2ncn[nH]2)cc1OC. The van der Waals surface area contributed by atoms with E-state index in [1.54, 1.807) is 7.11 Å². The van der Waals surface area contributed by atoms with E-state index in [1.165, 1.54) is 6.33 Å². The molecular formula is C14H20N4O2. The molecule has 6 heteroatoms. The Morgan fingerprint density at radius 1 is 1.35 bits per heavy atom. The predicted octanol–water partition coefficient (Wildman–Crippen LogP) is 2.06. The molecule has 0 fully saturated rings. The zero-order valence-corrected chi connectivity index (χ0v) is 12.0. The molecule has 1 atom stereocenters. The van der Waals surface area contributed by atoms with Gasteiger partial charge in [-0.1, -0.05) is 6.07 Å². The molecule has 0 saturated heterocycles. The van der Waals surface area contributed by atoms with Gasteiger partial charge in [-0.3, -0.25) is 5.10 Å². The van der Waals surface area contributed by atoms with Crippen molar-refractivity contribution < 1.29 is 9.47 Å². The van der Waals surface area contributed by atoms with Gasteiger partial charge in [0.1, 0.15) is 12.2 Å². The van der Waals surface area contributed by atoms with Gasteiger partial charge in [0.05, 0.1) is 19.8 Å². The van der Waals surface area contributed by atoms with E-state index in [1.807, 2.05) is 32.0 Å². The number of nitrogens with one attached hydrogen (secondary N) is 2. The number of benzene rings is 1. The van der Waals surface area contributed by atoms with Crippen LogP contribution >= 0.6 is 0 Å². The Labute approximate surface area is 118 Å². The highest BCUT2D eigenvalue weighted by atomic mass is 16.5. The van der Waals surface area contributed by atoms with Crippen molar-refractivity contribution in [2.45, 2.75) is 26.4 Å². The normalized spacial score (nSPS) is 12.2. The fourth-order valence-corrected chi connectivity index (χ4v) is 1.89. The first-order valence-electron chi connectivity index (χ1n) is 6.63. The smallest absolute Gasteiger partial charge is 0.161 e. The molecule has 1 aromatic carbocycles. The van der Waals surface area contributed by atoms with Crippen LogP contribution in [0.3, 0.4) is 0 Å². The standard InChI is InChI=1S/C14H20N4O2/c1-4-20-12-6-5-11(7-13(12)19-3)8-15-10(2)14-16-9-17-18-14/h5-7,9-10,15H,4,8H2,1-3H3,(H,16,17,18). The second kappa shape index (κ2) is 6.91. The third-order valence-corrected chi connectivity index (χ3v) is 2.98. The summed E-state index contributed by atoms with van der Waals surface area (Å²) in [5.41, 5.74) is 1.12. The maximum Gasteiger partial charge on any atom is 0.161 e. The monoisotopic (exact) mass is 276 g/mol. The first-order valence-corrected chi connectivity index (χ1v) is 6.63. The van der Waals surface area contributed by atoms with Crippen LogP contribution in [0.5, 0.6) is 11.5 Å². The molecule has 2 aromatic rings. The van der Waals surface area contributed by atoms with Crippen molar-refractivity contribution >= 4 is 0 Å². The summed E-state index contributed by atoms with van der Waals surface area (Å²) in [6.07, 6.45) is 1.51. The maximum atomic E-state index is 5.50. The lowest BCUT2D eigenvalue weighted by Gasteiger charge is -2.13. The Balaban J connectivity index is 1.99. The molecule has 0 aliphatic rings. The lowest BCUT2D eigenvalue weighted by atomic mass is 10.2. The molecule has 2 N–H and O–H groups in total. The summed E-state index contributed by atoms with van der Waals surface area (Å²) in [4.78, 5) is 4.13. The summed E-state index contributed by atoms with van der Waals surface area (Å²) in [6, 6.07) is 6.03. The second-order valence-corrected chi connectivity index (χ2v) is 4.39. The van der Waals surface area contributed by atoms with Crippen molar-refractivity contribution in [2.75, 3.05) is 13.7 Å². The molecule has 0 saturated carbocycles. The van der Waals surface area contributed by atoms with Crippen molar-refractivity contribution in [1.82, 2.24) is 20.5 Å². The van der Waals surface area contributed by atoms with Gasteiger partial charge < -0.3 is 14.8 Å². The van der Waals surface area contributed by atoms with Crippen molar-refractivity contribution in [3.8, 4) is 11.5 Å². The molecule has 1 aromatic heterocycles. The molecule has 1 heterocycles. The Morgan fingerprint density at radius 3 is 2.85 bits per heavy atom. The summed E-state index contributed by atoms with van der Waals surface area (Å²) in [5, 5.41) is 10.1. The van der Waals surface area contributed by atoms with E-state index in [4.69, 9.17) is 9.47 Å². The van der Waals surface area contributed by atoms with Gasteiger partial charge in [0.2, 0.25) is 0 Å². The largest absolute Gasteiger partial charge is 0.493 e. The molecule has 0 aliphatic heterocycles. The Bertz CT molecular complexity index is 528. The fraction of sp³-hybridized carbons (Fsp3) is 0.429. The fourth-order valence-electron chi connectivity index (χ4n) is 1.89. The summed E-state index contributed by atoms with van der Waals surface area (Å²) < 4.78 is 10.8. The molecule has 0 spiro atoms. The summed E-state index contributed by atoms with van der Waals surface area (Å²) in [6.45, 7) is 5.32. The number of methoxy groups -OCH3 is 1. The van der Waals surface area contributed by atoms with Crippen LogP contribution in [0.1, 0.15) is 31.3 Å². The van der Waals surface area contributed by atoms with Gasteiger partial charge in [0.25, 0.3) is 0 Å². The average Bonchev–Trinajstić information content (AvgIpc) is 3.00. The molecule has 2 rings (SSSR count). The zero-order valence-electron chi connectivity index (χ0n) is 12.0. The number of aromatic amines is 1. The zero-order chi connectivity index (χ0) is 14.4. The molecule has 0 radical (unpaired) electrons. The number of ether oxygens (including phenoxy) is 2. The van der Waals surface area contributed by atoms with Crippen molar-refractivity contribution in [2.24, 2.45) is 0 Å². The number of H-pyrrole nitrogens is 1. The van der Waals surface area contributed by atoms with Crippen LogP contribution in [0, 0.1) is 0 Å². The lowest BCUT2D eigenvalue weighted by Crippen LogP contribution is -2.19. The van der Waals surface area contributed by atoms with Crippen LogP contribution < -0.4 is 14.8 Å². The first-order chi connectivity index (χ1) is 9.74. The third kappa shape index (κ3) is 3.48. The van der Waals surface area contributed by atoms with Crippen molar-refractivity contribution in [3.63, 3.8) is 0 Å².